The number of rotatable bonds is 1. The minimum absolute atomic E-state index is 0.0756. The van der Waals surface area contributed by atoms with Gasteiger partial charge in [0.25, 0.3) is 0 Å². The molecule has 6 nitrogen and oxygen atoms in total. The zero-order valence-corrected chi connectivity index (χ0v) is 12.8. The van der Waals surface area contributed by atoms with Gasteiger partial charge in [-0.15, -0.1) is 0 Å². The largest absolute Gasteiger partial charge is 0.399 e. The van der Waals surface area contributed by atoms with Crippen LogP contribution >= 0.6 is 0 Å². The molecule has 0 unspecified atom stereocenters. The summed E-state index contributed by atoms with van der Waals surface area (Å²) < 4.78 is 21.4. The molecule has 23 heavy (non-hydrogen) atoms. The molecule has 2 aromatic rings. The number of hydrogen-bond donors (Lipinski definition) is 2. The predicted molar refractivity (Wildman–Crippen MR) is 86.5 cm³/mol. The number of nitrogens with two attached hydrogens (primary N) is 2. The highest BCUT2D eigenvalue weighted by Crippen LogP contribution is 2.15. The molecule has 7 heteroatoms. The van der Waals surface area contributed by atoms with Gasteiger partial charge in [-0.05, 0) is 36.4 Å². The zero-order valence-electron chi connectivity index (χ0n) is 12.0. The second-order valence-electron chi connectivity index (χ2n) is 4.72. The first kappa shape index (κ1) is 16.6. The molecule has 0 fully saturated rings. The van der Waals surface area contributed by atoms with Crippen molar-refractivity contribution < 1.29 is 18.0 Å². The second kappa shape index (κ2) is 6.55. The van der Waals surface area contributed by atoms with Gasteiger partial charge in [-0.25, -0.2) is 13.6 Å². The van der Waals surface area contributed by atoms with Gasteiger partial charge in [0.2, 0.25) is 10.0 Å². The number of allylic oxidation sites excluding steroid dienone is 2. The standard InChI is InChI=1S/C10H6O2.C6H8N2O2S/c11-9-5-6-10(12)8-4-2-1-3-7(8)9;7-5-1-3-6(4-2-5)11(8,9)10/h1-6H;1-4H,7H2,(H2,8,9,10). The Morgan fingerprint density at radius 2 is 1.17 bits per heavy atom. The highest BCUT2D eigenvalue weighted by molar-refractivity contribution is 7.89. The maximum absolute atomic E-state index is 11.2. The fraction of sp³-hybridized carbons (Fsp3) is 0. The lowest BCUT2D eigenvalue weighted by Gasteiger charge is -2.06. The summed E-state index contributed by atoms with van der Waals surface area (Å²) in [6.45, 7) is 0. The zero-order chi connectivity index (χ0) is 17.0. The Hall–Kier alpha value is -2.77. The monoisotopic (exact) mass is 330 g/mol. The maximum Gasteiger partial charge on any atom is 0.238 e. The quantitative estimate of drug-likeness (QED) is 0.768. The molecule has 1 aliphatic rings. The van der Waals surface area contributed by atoms with Crippen molar-refractivity contribution in [3.8, 4) is 0 Å². The number of benzene rings is 2. The van der Waals surface area contributed by atoms with Gasteiger partial charge < -0.3 is 5.73 Å². The average Bonchev–Trinajstić information content (AvgIpc) is 2.51. The molecule has 0 atom stereocenters. The summed E-state index contributed by atoms with van der Waals surface area (Å²) in [5, 5.41) is 4.84. The van der Waals surface area contributed by atoms with Crippen molar-refractivity contribution in [2.75, 3.05) is 5.73 Å². The first-order valence-electron chi connectivity index (χ1n) is 6.53. The maximum atomic E-state index is 11.2. The van der Waals surface area contributed by atoms with Crippen molar-refractivity contribution in [1.82, 2.24) is 0 Å². The number of primary sulfonamides is 1. The van der Waals surface area contributed by atoms with E-state index in [1.165, 1.54) is 36.4 Å². The third-order valence-electron chi connectivity index (χ3n) is 3.05. The normalized spacial score (nSPS) is 13.1. The molecule has 0 radical (unpaired) electrons. The lowest BCUT2D eigenvalue weighted by Crippen LogP contribution is -2.11. The Balaban J connectivity index is 0.000000168. The minimum Gasteiger partial charge on any atom is -0.399 e. The molecule has 1 aliphatic carbocycles. The van der Waals surface area contributed by atoms with E-state index in [4.69, 9.17) is 10.9 Å². The van der Waals surface area contributed by atoms with Gasteiger partial charge in [-0.2, -0.15) is 0 Å². The predicted octanol–water partition coefficient (Wildman–Crippen LogP) is 1.54. The molecular weight excluding hydrogens is 316 g/mol. The number of ketones is 2. The molecule has 0 saturated heterocycles. The van der Waals surface area contributed by atoms with Crippen LogP contribution < -0.4 is 10.9 Å². The van der Waals surface area contributed by atoms with Crippen LogP contribution in [0.5, 0.6) is 0 Å². The summed E-state index contributed by atoms with van der Waals surface area (Å²) in [4.78, 5) is 22.5. The van der Waals surface area contributed by atoms with Crippen LogP contribution in [0.15, 0.2) is 65.6 Å². The summed E-state index contributed by atoms with van der Waals surface area (Å²) in [5.41, 5.74) is 6.86. The molecule has 0 bridgehead atoms. The Kier molecular flexibility index (Phi) is 4.73. The van der Waals surface area contributed by atoms with Crippen molar-refractivity contribution in [3.05, 3.63) is 71.8 Å². The number of carbonyl (C=O) groups excluding carboxylic acids is 2. The van der Waals surface area contributed by atoms with E-state index < -0.39 is 10.0 Å². The van der Waals surface area contributed by atoms with E-state index in [1.54, 1.807) is 24.3 Å². The SMILES string of the molecule is Nc1ccc(S(N)(=O)=O)cc1.O=C1C=CC(=O)c2ccccc21. The number of fused-ring (bicyclic) bond motifs is 1. The van der Waals surface area contributed by atoms with Crippen molar-refractivity contribution in [3.63, 3.8) is 0 Å². The fourth-order valence-electron chi connectivity index (χ4n) is 1.90. The van der Waals surface area contributed by atoms with Crippen molar-refractivity contribution >= 4 is 27.3 Å². The second-order valence-corrected chi connectivity index (χ2v) is 6.28. The van der Waals surface area contributed by atoms with Gasteiger partial charge in [0, 0.05) is 16.8 Å². The molecule has 0 aromatic heterocycles. The van der Waals surface area contributed by atoms with Crippen LogP contribution in [0.25, 0.3) is 0 Å². The summed E-state index contributed by atoms with van der Waals surface area (Å²) in [6.07, 6.45) is 2.62. The molecule has 0 amide bonds. The Morgan fingerprint density at radius 3 is 1.57 bits per heavy atom. The number of carbonyl (C=O) groups is 2. The molecular formula is C16H14N2O4S. The number of nitrogen functional groups attached to an aromatic ring is 1. The molecule has 2 aromatic carbocycles. The number of anilines is 1. The van der Waals surface area contributed by atoms with E-state index in [1.807, 2.05) is 0 Å². The van der Waals surface area contributed by atoms with Crippen molar-refractivity contribution in [2.24, 2.45) is 5.14 Å². The van der Waals surface area contributed by atoms with Crippen LogP contribution in [-0.2, 0) is 10.0 Å². The molecule has 3 rings (SSSR count). The van der Waals surface area contributed by atoms with Gasteiger partial charge in [0.1, 0.15) is 0 Å². The Morgan fingerprint density at radius 1 is 0.739 bits per heavy atom. The molecule has 0 heterocycles. The van der Waals surface area contributed by atoms with E-state index in [9.17, 15) is 18.0 Å². The fourth-order valence-corrected chi connectivity index (χ4v) is 2.42. The molecule has 4 N–H and O–H groups in total. The lowest BCUT2D eigenvalue weighted by molar-refractivity contribution is 0.0994. The topological polar surface area (TPSA) is 120 Å². The lowest BCUT2D eigenvalue weighted by atomic mass is 9.95. The van der Waals surface area contributed by atoms with Crippen LogP contribution in [0, 0.1) is 0 Å². The van der Waals surface area contributed by atoms with Crippen LogP contribution in [0.4, 0.5) is 5.69 Å². The third kappa shape index (κ3) is 4.12. The smallest absolute Gasteiger partial charge is 0.238 e. The summed E-state index contributed by atoms with van der Waals surface area (Å²) in [7, 11) is -3.58. The van der Waals surface area contributed by atoms with E-state index in [0.29, 0.717) is 16.8 Å². The van der Waals surface area contributed by atoms with Crippen LogP contribution in [0.2, 0.25) is 0 Å². The van der Waals surface area contributed by atoms with E-state index >= 15 is 0 Å². The van der Waals surface area contributed by atoms with Gasteiger partial charge in [0.15, 0.2) is 11.6 Å². The molecule has 0 spiro atoms. The van der Waals surface area contributed by atoms with Gasteiger partial charge in [-0.3, -0.25) is 9.59 Å². The molecule has 0 aliphatic heterocycles. The Bertz CT molecular complexity index is 848. The van der Waals surface area contributed by atoms with Crippen LogP contribution in [-0.4, -0.2) is 20.0 Å². The molecule has 0 saturated carbocycles. The van der Waals surface area contributed by atoms with E-state index in [-0.39, 0.29) is 16.5 Å². The summed E-state index contributed by atoms with van der Waals surface area (Å²) in [5.74, 6) is -0.185. The van der Waals surface area contributed by atoms with Crippen LogP contribution in [0.3, 0.4) is 0 Å². The van der Waals surface area contributed by atoms with Crippen LogP contribution in [0.1, 0.15) is 20.7 Å². The third-order valence-corrected chi connectivity index (χ3v) is 3.98. The van der Waals surface area contributed by atoms with Gasteiger partial charge >= 0.3 is 0 Å². The van der Waals surface area contributed by atoms with Crippen molar-refractivity contribution in [1.29, 1.82) is 0 Å². The number of sulfonamides is 1. The van der Waals surface area contributed by atoms with Gasteiger partial charge in [0.05, 0.1) is 4.90 Å². The first-order valence-corrected chi connectivity index (χ1v) is 8.08. The highest BCUT2D eigenvalue weighted by Gasteiger charge is 2.16. The average molecular weight is 330 g/mol. The Labute approximate surface area is 133 Å². The van der Waals surface area contributed by atoms with E-state index in [0.717, 1.165) is 0 Å². The number of hydrogen-bond acceptors (Lipinski definition) is 5. The highest BCUT2D eigenvalue weighted by atomic mass is 32.2. The van der Waals surface area contributed by atoms with E-state index in [2.05, 4.69) is 0 Å². The van der Waals surface area contributed by atoms with Crippen molar-refractivity contribution in [2.45, 2.75) is 4.90 Å². The molecule has 118 valence electrons. The minimum atomic E-state index is -3.58. The van der Waals surface area contributed by atoms with Gasteiger partial charge in [-0.1, -0.05) is 24.3 Å². The summed E-state index contributed by atoms with van der Waals surface area (Å²) in [6, 6.07) is 12.5. The first-order chi connectivity index (χ1) is 10.8. The summed E-state index contributed by atoms with van der Waals surface area (Å²) >= 11 is 0.